The summed E-state index contributed by atoms with van der Waals surface area (Å²) in [5.41, 5.74) is 0.675. The van der Waals surface area contributed by atoms with Crippen LogP contribution in [0.1, 0.15) is 10.4 Å². The predicted octanol–water partition coefficient (Wildman–Crippen LogP) is 3.43. The van der Waals surface area contributed by atoms with E-state index in [9.17, 15) is 4.79 Å². The summed E-state index contributed by atoms with van der Waals surface area (Å²) in [5.74, 6) is 0.841. The van der Waals surface area contributed by atoms with Crippen LogP contribution in [0.2, 0.25) is 0 Å². The minimum absolute atomic E-state index is 0.100. The lowest BCUT2D eigenvalue weighted by Gasteiger charge is -2.08. The summed E-state index contributed by atoms with van der Waals surface area (Å²) in [6.07, 6.45) is 0. The molecule has 2 aromatic rings. The molecule has 0 aliphatic carbocycles. The first-order chi connectivity index (χ1) is 9.25. The molecule has 1 aliphatic heterocycles. The van der Waals surface area contributed by atoms with Crippen LogP contribution in [0, 0.1) is 0 Å². The average Bonchev–Trinajstić information content (AvgIpc) is 2.91. The number of halogens is 1. The molecular weight excluding hydrogens is 324 g/mol. The Kier molecular flexibility index (Phi) is 3.57. The maximum Gasteiger partial charge on any atom is 0.257 e. The standard InChI is InChI=1S/C14H11BrN2OS/c15-12-6-2-3-9-10(12)4-1-5-11(9)13(18)17-14-16-7-8-19-14/h1-6H,7-8H2,(H,16,17,18). The molecule has 0 unspecified atom stereocenters. The van der Waals surface area contributed by atoms with Crippen molar-refractivity contribution in [1.82, 2.24) is 5.32 Å². The highest BCUT2D eigenvalue weighted by Crippen LogP contribution is 2.26. The van der Waals surface area contributed by atoms with Crippen LogP contribution in [-0.2, 0) is 0 Å². The number of hydrogen-bond acceptors (Lipinski definition) is 3. The third kappa shape index (κ3) is 2.53. The normalized spacial score (nSPS) is 14.5. The van der Waals surface area contributed by atoms with Gasteiger partial charge < -0.3 is 5.32 Å². The minimum Gasteiger partial charge on any atom is -0.301 e. The van der Waals surface area contributed by atoms with Crippen molar-refractivity contribution in [3.05, 3.63) is 46.4 Å². The van der Waals surface area contributed by atoms with Crippen LogP contribution in [0.5, 0.6) is 0 Å². The number of nitrogens with one attached hydrogen (secondary N) is 1. The zero-order valence-corrected chi connectivity index (χ0v) is 12.4. The Morgan fingerprint density at radius 1 is 1.21 bits per heavy atom. The average molecular weight is 335 g/mol. The van der Waals surface area contributed by atoms with Crippen molar-refractivity contribution in [1.29, 1.82) is 0 Å². The molecule has 1 amide bonds. The van der Waals surface area contributed by atoms with E-state index in [1.165, 1.54) is 0 Å². The topological polar surface area (TPSA) is 41.5 Å². The van der Waals surface area contributed by atoms with E-state index in [2.05, 4.69) is 26.2 Å². The number of nitrogens with zero attached hydrogens (tertiary/aromatic N) is 1. The quantitative estimate of drug-likeness (QED) is 0.867. The van der Waals surface area contributed by atoms with Crippen molar-refractivity contribution in [2.75, 3.05) is 12.3 Å². The van der Waals surface area contributed by atoms with Crippen molar-refractivity contribution in [2.45, 2.75) is 0 Å². The Morgan fingerprint density at radius 3 is 2.79 bits per heavy atom. The molecule has 3 rings (SSSR count). The van der Waals surface area contributed by atoms with Gasteiger partial charge in [0.1, 0.15) is 0 Å². The van der Waals surface area contributed by atoms with Crippen LogP contribution in [0.15, 0.2) is 45.9 Å². The monoisotopic (exact) mass is 334 g/mol. The fourth-order valence-electron chi connectivity index (χ4n) is 2.04. The van der Waals surface area contributed by atoms with Gasteiger partial charge in [-0.3, -0.25) is 9.79 Å². The third-order valence-corrected chi connectivity index (χ3v) is 4.50. The van der Waals surface area contributed by atoms with Gasteiger partial charge in [0.15, 0.2) is 5.17 Å². The molecule has 1 aliphatic rings. The molecular formula is C14H11BrN2OS. The third-order valence-electron chi connectivity index (χ3n) is 2.92. The number of amidine groups is 1. The van der Waals surface area contributed by atoms with Gasteiger partial charge in [-0.1, -0.05) is 52.0 Å². The minimum atomic E-state index is -0.100. The van der Waals surface area contributed by atoms with Crippen LogP contribution in [0.4, 0.5) is 0 Å². The molecule has 0 atom stereocenters. The van der Waals surface area contributed by atoms with Crippen LogP contribution in [-0.4, -0.2) is 23.4 Å². The highest BCUT2D eigenvalue weighted by atomic mass is 79.9. The van der Waals surface area contributed by atoms with Crippen molar-refractivity contribution in [2.24, 2.45) is 4.99 Å². The first-order valence-electron chi connectivity index (χ1n) is 5.91. The fourth-order valence-corrected chi connectivity index (χ4v) is 3.27. The molecule has 5 heteroatoms. The Balaban J connectivity index is 2.00. The highest BCUT2D eigenvalue weighted by molar-refractivity contribution is 9.10. The lowest BCUT2D eigenvalue weighted by Crippen LogP contribution is -2.27. The van der Waals surface area contributed by atoms with E-state index >= 15 is 0 Å². The molecule has 19 heavy (non-hydrogen) atoms. The van der Waals surface area contributed by atoms with Crippen LogP contribution >= 0.6 is 27.7 Å². The maximum absolute atomic E-state index is 12.3. The number of rotatable bonds is 1. The molecule has 0 aromatic heterocycles. The van der Waals surface area contributed by atoms with Gasteiger partial charge >= 0.3 is 0 Å². The largest absolute Gasteiger partial charge is 0.301 e. The molecule has 0 fully saturated rings. The Labute approximate surface area is 123 Å². The van der Waals surface area contributed by atoms with Crippen LogP contribution in [0.25, 0.3) is 10.8 Å². The van der Waals surface area contributed by atoms with Crippen molar-refractivity contribution in [3.63, 3.8) is 0 Å². The van der Waals surface area contributed by atoms with Gasteiger partial charge in [-0.2, -0.15) is 0 Å². The van der Waals surface area contributed by atoms with E-state index in [4.69, 9.17) is 0 Å². The van der Waals surface area contributed by atoms with Gasteiger partial charge in [0.25, 0.3) is 5.91 Å². The van der Waals surface area contributed by atoms with E-state index in [1.807, 2.05) is 36.4 Å². The number of benzene rings is 2. The van der Waals surface area contributed by atoms with Gasteiger partial charge in [-0.15, -0.1) is 0 Å². The molecule has 2 aromatic carbocycles. The lowest BCUT2D eigenvalue weighted by molar-refractivity contribution is 0.0979. The molecule has 1 N–H and O–H groups in total. The van der Waals surface area contributed by atoms with Gasteiger partial charge in [0.2, 0.25) is 0 Å². The summed E-state index contributed by atoms with van der Waals surface area (Å²) < 4.78 is 0.993. The number of aliphatic imine (C=N–C) groups is 1. The number of fused-ring (bicyclic) bond motifs is 1. The van der Waals surface area contributed by atoms with Gasteiger partial charge in [-0.25, -0.2) is 0 Å². The maximum atomic E-state index is 12.3. The summed E-state index contributed by atoms with van der Waals surface area (Å²) in [7, 11) is 0. The van der Waals surface area contributed by atoms with Gasteiger partial charge in [0, 0.05) is 15.8 Å². The summed E-state index contributed by atoms with van der Waals surface area (Å²) in [5, 5.41) is 5.57. The van der Waals surface area contributed by atoms with E-state index < -0.39 is 0 Å². The first-order valence-corrected chi connectivity index (χ1v) is 7.69. The smallest absolute Gasteiger partial charge is 0.257 e. The summed E-state index contributed by atoms with van der Waals surface area (Å²) in [6.45, 7) is 0.779. The number of thioether (sulfide) groups is 1. The van der Waals surface area contributed by atoms with Crippen molar-refractivity contribution >= 4 is 49.5 Å². The summed E-state index contributed by atoms with van der Waals surface area (Å²) in [4.78, 5) is 16.5. The van der Waals surface area contributed by atoms with E-state index in [0.29, 0.717) is 5.56 Å². The zero-order valence-electron chi connectivity index (χ0n) is 10.0. The van der Waals surface area contributed by atoms with E-state index in [1.54, 1.807) is 11.8 Å². The van der Waals surface area contributed by atoms with E-state index in [-0.39, 0.29) is 5.91 Å². The van der Waals surface area contributed by atoms with Crippen molar-refractivity contribution < 1.29 is 4.79 Å². The second-order valence-corrected chi connectivity index (χ2v) is 6.07. The van der Waals surface area contributed by atoms with Crippen molar-refractivity contribution in [3.8, 4) is 0 Å². The molecule has 0 saturated heterocycles. The highest BCUT2D eigenvalue weighted by Gasteiger charge is 2.15. The summed E-state index contributed by atoms with van der Waals surface area (Å²) in [6, 6.07) is 11.6. The first kappa shape index (κ1) is 12.7. The SMILES string of the molecule is O=C(NC1=NCCS1)c1cccc2c(Br)cccc12. The van der Waals surface area contributed by atoms with Gasteiger partial charge in [0.05, 0.1) is 6.54 Å². The molecule has 0 saturated carbocycles. The Morgan fingerprint density at radius 2 is 2.00 bits per heavy atom. The Bertz CT molecular complexity index is 684. The second-order valence-electron chi connectivity index (χ2n) is 4.13. The van der Waals surface area contributed by atoms with E-state index in [0.717, 1.165) is 32.7 Å². The molecule has 3 nitrogen and oxygen atoms in total. The number of amides is 1. The zero-order chi connectivity index (χ0) is 13.2. The molecule has 1 heterocycles. The van der Waals surface area contributed by atoms with Gasteiger partial charge in [-0.05, 0) is 22.9 Å². The predicted molar refractivity (Wildman–Crippen MR) is 83.9 cm³/mol. The summed E-state index contributed by atoms with van der Waals surface area (Å²) >= 11 is 5.09. The molecule has 0 bridgehead atoms. The lowest BCUT2D eigenvalue weighted by atomic mass is 10.0. The van der Waals surface area contributed by atoms with Crippen LogP contribution < -0.4 is 5.32 Å². The molecule has 0 spiro atoms. The van der Waals surface area contributed by atoms with Crippen LogP contribution in [0.3, 0.4) is 0 Å². The number of hydrogen-bond donors (Lipinski definition) is 1. The second kappa shape index (κ2) is 5.35. The molecule has 0 radical (unpaired) electrons. The number of carbonyl (C=O) groups excluding carboxylic acids is 1. The number of carbonyl (C=O) groups is 1. The molecule has 96 valence electrons. The fraction of sp³-hybridized carbons (Fsp3) is 0.143. The Hall–Kier alpha value is -1.33.